The third kappa shape index (κ3) is 4.31. The minimum atomic E-state index is -0.879. The van der Waals surface area contributed by atoms with Gasteiger partial charge in [0.25, 0.3) is 5.91 Å². The van der Waals surface area contributed by atoms with Gasteiger partial charge in [-0.05, 0) is 36.8 Å². The van der Waals surface area contributed by atoms with Crippen LogP contribution in [0.3, 0.4) is 0 Å². The molecule has 146 valence electrons. The van der Waals surface area contributed by atoms with E-state index in [4.69, 9.17) is 4.74 Å². The van der Waals surface area contributed by atoms with Crippen molar-refractivity contribution in [3.8, 4) is 5.75 Å². The molecule has 0 radical (unpaired) electrons. The van der Waals surface area contributed by atoms with Crippen LogP contribution in [0.15, 0.2) is 48.5 Å². The van der Waals surface area contributed by atoms with Crippen LogP contribution in [0.2, 0.25) is 0 Å². The van der Waals surface area contributed by atoms with Crippen LogP contribution in [-0.4, -0.2) is 48.9 Å². The first kappa shape index (κ1) is 19.4. The van der Waals surface area contributed by atoms with E-state index in [-0.39, 0.29) is 24.1 Å². The average molecular weight is 381 g/mol. The minimum absolute atomic E-state index is 0.124. The van der Waals surface area contributed by atoms with Crippen LogP contribution in [-0.2, 0) is 9.59 Å². The molecular formula is C21H23N3O4. The first-order chi connectivity index (χ1) is 13.5. The maximum Gasteiger partial charge on any atom is 0.258 e. The van der Waals surface area contributed by atoms with Crippen molar-refractivity contribution in [2.45, 2.75) is 19.4 Å². The highest BCUT2D eigenvalue weighted by Crippen LogP contribution is 2.22. The Labute approximate surface area is 163 Å². The first-order valence-corrected chi connectivity index (χ1v) is 9.08. The SMILES string of the molecule is COc1ccccc1C(=O)N1CCNC(=O)[C@H]1CC(=O)Nc1cccc(C)c1. The predicted octanol–water partition coefficient (Wildman–Crippen LogP) is 1.97. The lowest BCUT2D eigenvalue weighted by Crippen LogP contribution is -2.58. The Balaban J connectivity index is 1.77. The van der Waals surface area contributed by atoms with Gasteiger partial charge in [-0.25, -0.2) is 0 Å². The highest BCUT2D eigenvalue weighted by Gasteiger charge is 2.35. The second-order valence-electron chi connectivity index (χ2n) is 6.63. The molecule has 7 nitrogen and oxygen atoms in total. The number of hydrogen-bond acceptors (Lipinski definition) is 4. The molecule has 2 N–H and O–H groups in total. The summed E-state index contributed by atoms with van der Waals surface area (Å²) in [7, 11) is 1.49. The van der Waals surface area contributed by atoms with Gasteiger partial charge in [0.2, 0.25) is 11.8 Å². The summed E-state index contributed by atoms with van der Waals surface area (Å²) in [5.74, 6) is -0.568. The number of methoxy groups -OCH3 is 1. The van der Waals surface area contributed by atoms with Gasteiger partial charge in [0.15, 0.2) is 0 Å². The Morgan fingerprint density at radius 2 is 2.00 bits per heavy atom. The Hall–Kier alpha value is -3.35. The highest BCUT2D eigenvalue weighted by molar-refractivity contribution is 6.02. The highest BCUT2D eigenvalue weighted by atomic mass is 16.5. The van der Waals surface area contributed by atoms with Crippen molar-refractivity contribution in [1.29, 1.82) is 0 Å². The number of carbonyl (C=O) groups is 3. The van der Waals surface area contributed by atoms with Crippen molar-refractivity contribution in [3.05, 3.63) is 59.7 Å². The van der Waals surface area contributed by atoms with Crippen LogP contribution < -0.4 is 15.4 Å². The molecule has 1 aliphatic heterocycles. The molecule has 1 atom stereocenters. The van der Waals surface area contributed by atoms with E-state index in [2.05, 4.69) is 10.6 Å². The normalized spacial score (nSPS) is 16.3. The molecule has 0 aliphatic carbocycles. The molecule has 3 amide bonds. The van der Waals surface area contributed by atoms with Gasteiger partial charge in [-0.15, -0.1) is 0 Å². The van der Waals surface area contributed by atoms with Crippen molar-refractivity contribution in [3.63, 3.8) is 0 Å². The Morgan fingerprint density at radius 3 is 2.75 bits per heavy atom. The number of nitrogens with zero attached hydrogens (tertiary/aromatic N) is 1. The van der Waals surface area contributed by atoms with Gasteiger partial charge in [-0.3, -0.25) is 14.4 Å². The molecular weight excluding hydrogens is 358 g/mol. The van der Waals surface area contributed by atoms with E-state index >= 15 is 0 Å². The van der Waals surface area contributed by atoms with Crippen LogP contribution in [0, 0.1) is 6.92 Å². The van der Waals surface area contributed by atoms with Gasteiger partial charge in [-0.2, -0.15) is 0 Å². The third-order valence-corrected chi connectivity index (χ3v) is 4.61. The zero-order valence-electron chi connectivity index (χ0n) is 15.9. The lowest BCUT2D eigenvalue weighted by Gasteiger charge is -2.35. The second kappa shape index (κ2) is 8.56. The Bertz CT molecular complexity index is 897. The molecule has 0 spiro atoms. The molecule has 1 heterocycles. The standard InChI is InChI=1S/C21H23N3O4/c1-14-6-5-7-15(12-14)23-19(25)13-17-20(26)22-10-11-24(17)21(27)16-8-3-4-9-18(16)28-2/h3-9,12,17H,10-11,13H2,1-2H3,(H,22,26)(H,23,25)/t17-/m1/s1. The van der Waals surface area contributed by atoms with Crippen LogP contribution in [0.4, 0.5) is 5.69 Å². The Kier molecular flexibility index (Phi) is 5.93. The number of nitrogens with one attached hydrogen (secondary N) is 2. The van der Waals surface area contributed by atoms with E-state index in [9.17, 15) is 14.4 Å². The number of hydrogen-bond donors (Lipinski definition) is 2. The number of rotatable bonds is 5. The van der Waals surface area contributed by atoms with Crippen LogP contribution >= 0.6 is 0 Å². The number of ether oxygens (including phenoxy) is 1. The maximum absolute atomic E-state index is 13.1. The van der Waals surface area contributed by atoms with Gasteiger partial charge in [0.1, 0.15) is 11.8 Å². The number of amides is 3. The lowest BCUT2D eigenvalue weighted by molar-refractivity contribution is -0.131. The molecule has 7 heteroatoms. The van der Waals surface area contributed by atoms with Gasteiger partial charge in [0, 0.05) is 18.8 Å². The van der Waals surface area contributed by atoms with Crippen molar-refractivity contribution < 1.29 is 19.1 Å². The molecule has 28 heavy (non-hydrogen) atoms. The van der Waals surface area contributed by atoms with Crippen LogP contribution in [0.25, 0.3) is 0 Å². The van der Waals surface area contributed by atoms with E-state index in [1.165, 1.54) is 12.0 Å². The number of anilines is 1. The van der Waals surface area contributed by atoms with E-state index < -0.39 is 6.04 Å². The fourth-order valence-electron chi connectivity index (χ4n) is 3.25. The maximum atomic E-state index is 13.1. The second-order valence-corrected chi connectivity index (χ2v) is 6.63. The lowest BCUT2D eigenvalue weighted by atomic mass is 10.1. The van der Waals surface area contributed by atoms with Crippen molar-refractivity contribution >= 4 is 23.4 Å². The van der Waals surface area contributed by atoms with E-state index in [0.717, 1.165) is 5.56 Å². The van der Waals surface area contributed by atoms with Crippen LogP contribution in [0.5, 0.6) is 5.75 Å². The first-order valence-electron chi connectivity index (χ1n) is 9.08. The van der Waals surface area contributed by atoms with E-state index in [1.807, 2.05) is 25.1 Å². The molecule has 0 unspecified atom stereocenters. The van der Waals surface area contributed by atoms with E-state index in [0.29, 0.717) is 30.1 Å². The summed E-state index contributed by atoms with van der Waals surface area (Å²) >= 11 is 0. The number of benzene rings is 2. The van der Waals surface area contributed by atoms with Crippen molar-refractivity contribution in [2.24, 2.45) is 0 Å². The number of aryl methyl sites for hydroxylation is 1. The summed E-state index contributed by atoms with van der Waals surface area (Å²) in [5.41, 5.74) is 2.04. The summed E-state index contributed by atoms with van der Waals surface area (Å²) in [6.07, 6.45) is -0.124. The zero-order valence-corrected chi connectivity index (χ0v) is 15.9. The van der Waals surface area contributed by atoms with E-state index in [1.54, 1.807) is 30.3 Å². The fraction of sp³-hybridized carbons (Fsp3) is 0.286. The largest absolute Gasteiger partial charge is 0.496 e. The summed E-state index contributed by atoms with van der Waals surface area (Å²) in [6, 6.07) is 13.4. The molecule has 0 bridgehead atoms. The van der Waals surface area contributed by atoms with Gasteiger partial charge in [-0.1, -0.05) is 24.3 Å². The summed E-state index contributed by atoms with van der Waals surface area (Å²) < 4.78 is 5.26. The van der Waals surface area contributed by atoms with Gasteiger partial charge < -0.3 is 20.3 Å². The molecule has 1 aliphatic rings. The summed E-state index contributed by atoms with van der Waals surface area (Å²) in [5, 5.41) is 5.52. The smallest absolute Gasteiger partial charge is 0.258 e. The van der Waals surface area contributed by atoms with Crippen LogP contribution in [0.1, 0.15) is 22.3 Å². The summed E-state index contributed by atoms with van der Waals surface area (Å²) in [4.78, 5) is 39.4. The van der Waals surface area contributed by atoms with Gasteiger partial charge in [0.05, 0.1) is 19.1 Å². The number of piperazine rings is 1. The third-order valence-electron chi connectivity index (χ3n) is 4.61. The molecule has 3 rings (SSSR count). The molecule has 1 fully saturated rings. The molecule has 2 aromatic carbocycles. The predicted molar refractivity (Wildman–Crippen MR) is 105 cm³/mol. The quantitative estimate of drug-likeness (QED) is 0.829. The average Bonchev–Trinajstić information content (AvgIpc) is 2.69. The Morgan fingerprint density at radius 1 is 1.21 bits per heavy atom. The fourth-order valence-corrected chi connectivity index (χ4v) is 3.25. The summed E-state index contributed by atoms with van der Waals surface area (Å²) in [6.45, 7) is 2.60. The minimum Gasteiger partial charge on any atom is -0.496 e. The number of carbonyl (C=O) groups excluding carboxylic acids is 3. The van der Waals surface area contributed by atoms with Crippen molar-refractivity contribution in [2.75, 3.05) is 25.5 Å². The zero-order chi connectivity index (χ0) is 20.1. The number of para-hydroxylation sites is 1. The van der Waals surface area contributed by atoms with Crippen molar-refractivity contribution in [1.82, 2.24) is 10.2 Å². The molecule has 0 saturated carbocycles. The monoisotopic (exact) mass is 381 g/mol. The van der Waals surface area contributed by atoms with Gasteiger partial charge >= 0.3 is 0 Å². The topological polar surface area (TPSA) is 87.7 Å². The molecule has 2 aromatic rings. The molecule has 0 aromatic heterocycles. The molecule has 1 saturated heterocycles.